The van der Waals surface area contributed by atoms with Gasteiger partial charge >= 0.3 is 5.97 Å². The van der Waals surface area contributed by atoms with Crippen LogP contribution in [-0.4, -0.2) is 59.2 Å². The van der Waals surface area contributed by atoms with Gasteiger partial charge in [-0.1, -0.05) is 12.1 Å². The minimum atomic E-state index is -1.09. The quantitative estimate of drug-likeness (QED) is 0.529. The molecule has 32 heavy (non-hydrogen) atoms. The van der Waals surface area contributed by atoms with E-state index in [0.29, 0.717) is 31.7 Å². The van der Waals surface area contributed by atoms with Gasteiger partial charge in [-0.25, -0.2) is 4.39 Å². The average molecular weight is 445 g/mol. The van der Waals surface area contributed by atoms with Crippen molar-refractivity contribution in [3.8, 4) is 5.75 Å². The molecular formula is C22H24FN3O6. The Kier molecular flexibility index (Phi) is 6.94. The van der Waals surface area contributed by atoms with Gasteiger partial charge in [0.25, 0.3) is 6.47 Å². The van der Waals surface area contributed by atoms with Gasteiger partial charge in [0.05, 0.1) is 18.5 Å². The Balaban J connectivity index is 0.000000913. The summed E-state index contributed by atoms with van der Waals surface area (Å²) in [5, 5.41) is 23.0. The number of rotatable bonds is 4. The van der Waals surface area contributed by atoms with Crippen LogP contribution in [0.15, 0.2) is 42.5 Å². The number of nitrogens with one attached hydrogen (secondary N) is 2. The Morgan fingerprint density at radius 2 is 1.84 bits per heavy atom. The van der Waals surface area contributed by atoms with Crippen LogP contribution >= 0.6 is 0 Å². The molecule has 2 aromatic carbocycles. The number of carbonyl (C=O) groups excluding carboxylic acids is 1. The first kappa shape index (κ1) is 23.0. The van der Waals surface area contributed by atoms with Gasteiger partial charge in [0.1, 0.15) is 23.1 Å². The second-order valence-corrected chi connectivity index (χ2v) is 7.48. The number of hydrogen-bond acceptors (Lipinski definition) is 6. The molecule has 1 unspecified atom stereocenters. The lowest BCUT2D eigenvalue weighted by Gasteiger charge is -2.45. The molecule has 9 nitrogen and oxygen atoms in total. The van der Waals surface area contributed by atoms with E-state index < -0.39 is 23.4 Å². The van der Waals surface area contributed by atoms with Gasteiger partial charge in [-0.15, -0.1) is 0 Å². The van der Waals surface area contributed by atoms with E-state index in [4.69, 9.17) is 14.6 Å². The molecule has 0 saturated carbocycles. The van der Waals surface area contributed by atoms with E-state index in [0.717, 1.165) is 11.4 Å². The summed E-state index contributed by atoms with van der Waals surface area (Å²) in [6.07, 6.45) is 0.850. The molecular weight excluding hydrogens is 421 g/mol. The molecule has 0 bridgehead atoms. The van der Waals surface area contributed by atoms with Crippen LogP contribution in [0.4, 0.5) is 15.8 Å². The number of fused-ring (bicyclic) bond motifs is 1. The van der Waals surface area contributed by atoms with E-state index in [9.17, 15) is 19.1 Å². The predicted molar refractivity (Wildman–Crippen MR) is 114 cm³/mol. The minimum absolute atomic E-state index is 0.119. The summed E-state index contributed by atoms with van der Waals surface area (Å²) in [4.78, 5) is 35.0. The minimum Gasteiger partial charge on any atom is -0.496 e. The van der Waals surface area contributed by atoms with Gasteiger partial charge in [0.15, 0.2) is 0 Å². The molecule has 2 heterocycles. The molecule has 1 amide bonds. The van der Waals surface area contributed by atoms with Crippen LogP contribution in [0.5, 0.6) is 5.75 Å². The number of benzene rings is 2. The number of methoxy groups -OCH3 is 1. The number of amides is 1. The van der Waals surface area contributed by atoms with Crippen molar-refractivity contribution >= 4 is 29.7 Å². The fourth-order valence-corrected chi connectivity index (χ4v) is 4.18. The summed E-state index contributed by atoms with van der Waals surface area (Å²) in [7, 11) is 1.43. The van der Waals surface area contributed by atoms with E-state index in [1.807, 2.05) is 24.3 Å². The van der Waals surface area contributed by atoms with Crippen molar-refractivity contribution in [2.24, 2.45) is 0 Å². The highest BCUT2D eigenvalue weighted by Crippen LogP contribution is 2.39. The van der Waals surface area contributed by atoms with Crippen LogP contribution in [0.25, 0.3) is 0 Å². The van der Waals surface area contributed by atoms with Gasteiger partial charge in [0, 0.05) is 18.7 Å². The second kappa shape index (κ2) is 9.65. The normalized spacial score (nSPS) is 17.6. The van der Waals surface area contributed by atoms with E-state index >= 15 is 0 Å². The number of likely N-dealkylation sites (tertiary alicyclic amines) is 1. The number of anilines is 2. The summed E-state index contributed by atoms with van der Waals surface area (Å²) < 4.78 is 19.1. The first-order valence-corrected chi connectivity index (χ1v) is 9.92. The monoisotopic (exact) mass is 445 g/mol. The second-order valence-electron chi connectivity index (χ2n) is 7.48. The van der Waals surface area contributed by atoms with Crippen LogP contribution in [0.2, 0.25) is 0 Å². The summed E-state index contributed by atoms with van der Waals surface area (Å²) in [5.74, 6) is -1.41. The third-order valence-corrected chi connectivity index (χ3v) is 5.72. The number of halogens is 1. The van der Waals surface area contributed by atoms with Crippen LogP contribution in [0.1, 0.15) is 24.4 Å². The summed E-state index contributed by atoms with van der Waals surface area (Å²) in [5.41, 5.74) is 1.06. The molecule has 1 atom stereocenters. The Hall–Kier alpha value is -3.66. The first-order valence-electron chi connectivity index (χ1n) is 9.92. The molecule has 10 heteroatoms. The van der Waals surface area contributed by atoms with Crippen molar-refractivity contribution in [1.82, 2.24) is 4.90 Å². The molecule has 1 fully saturated rings. The molecule has 0 aromatic heterocycles. The molecule has 0 radical (unpaired) electrons. The number of carbonyl (C=O) groups is 3. The lowest BCUT2D eigenvalue weighted by Crippen LogP contribution is -2.59. The molecule has 2 aliphatic rings. The van der Waals surface area contributed by atoms with E-state index in [1.165, 1.54) is 25.3 Å². The van der Waals surface area contributed by atoms with Gasteiger partial charge in [-0.2, -0.15) is 0 Å². The number of carboxylic acid groups (broad SMARTS) is 2. The molecule has 2 aromatic rings. The Bertz CT molecular complexity index is 1010. The standard InChI is InChI=1S/C21H22FN3O4.CH2O2/c1-29-17-7-6-13(22)12-14(17)18(19(26)27)25-10-8-21(9-11-25)20(28)23-15-4-2-3-5-16(15)24-21;2-1-3/h2-7,12,18,24H,8-11H2,1H3,(H,23,28)(H,26,27);1H,(H,2,3). The maximum atomic E-state index is 13.8. The topological polar surface area (TPSA) is 128 Å². The predicted octanol–water partition coefficient (Wildman–Crippen LogP) is 2.56. The smallest absolute Gasteiger partial charge is 0.325 e. The molecule has 2 aliphatic heterocycles. The summed E-state index contributed by atoms with van der Waals surface area (Å²) >= 11 is 0. The highest BCUT2D eigenvalue weighted by atomic mass is 19.1. The van der Waals surface area contributed by atoms with E-state index in [1.54, 1.807) is 4.90 Å². The zero-order chi connectivity index (χ0) is 23.3. The molecule has 170 valence electrons. The Labute approximate surface area is 183 Å². The fraction of sp³-hybridized carbons (Fsp3) is 0.318. The van der Waals surface area contributed by atoms with E-state index in [-0.39, 0.29) is 17.9 Å². The zero-order valence-corrected chi connectivity index (χ0v) is 17.4. The SMILES string of the molecule is COc1ccc(F)cc1C(C(=O)O)N1CCC2(CC1)Nc1ccccc1NC2=O.O=CO. The van der Waals surface area contributed by atoms with Crippen molar-refractivity contribution < 1.29 is 33.7 Å². The van der Waals surface area contributed by atoms with Gasteiger partial charge in [-0.3, -0.25) is 19.3 Å². The van der Waals surface area contributed by atoms with Gasteiger partial charge in [-0.05, 0) is 43.2 Å². The third-order valence-electron chi connectivity index (χ3n) is 5.72. The number of piperidine rings is 1. The average Bonchev–Trinajstić information content (AvgIpc) is 2.77. The van der Waals surface area contributed by atoms with Crippen LogP contribution in [0, 0.1) is 5.82 Å². The maximum Gasteiger partial charge on any atom is 0.325 e. The van der Waals surface area contributed by atoms with Crippen LogP contribution in [0.3, 0.4) is 0 Å². The highest BCUT2D eigenvalue weighted by molar-refractivity contribution is 6.06. The van der Waals surface area contributed by atoms with Gasteiger partial charge < -0.3 is 25.6 Å². The van der Waals surface area contributed by atoms with Crippen LogP contribution in [-0.2, 0) is 14.4 Å². The fourth-order valence-electron chi connectivity index (χ4n) is 4.18. The van der Waals surface area contributed by atoms with Crippen LogP contribution < -0.4 is 15.4 Å². The Morgan fingerprint density at radius 3 is 2.44 bits per heavy atom. The van der Waals surface area contributed by atoms with Crippen molar-refractivity contribution in [1.29, 1.82) is 0 Å². The maximum absolute atomic E-state index is 13.8. The van der Waals surface area contributed by atoms with Crippen molar-refractivity contribution in [2.75, 3.05) is 30.8 Å². The molecule has 1 saturated heterocycles. The molecule has 0 aliphatic carbocycles. The number of nitrogens with zero attached hydrogens (tertiary/aromatic N) is 1. The Morgan fingerprint density at radius 1 is 1.22 bits per heavy atom. The van der Waals surface area contributed by atoms with Crippen molar-refractivity contribution in [3.05, 3.63) is 53.8 Å². The largest absolute Gasteiger partial charge is 0.496 e. The molecule has 4 N–H and O–H groups in total. The number of para-hydroxylation sites is 2. The first-order chi connectivity index (χ1) is 15.3. The number of hydrogen-bond donors (Lipinski definition) is 4. The van der Waals surface area contributed by atoms with Crippen molar-refractivity contribution in [3.63, 3.8) is 0 Å². The number of aliphatic carboxylic acids is 1. The lowest BCUT2D eigenvalue weighted by atomic mass is 9.83. The molecule has 1 spiro atoms. The van der Waals surface area contributed by atoms with Crippen molar-refractivity contribution in [2.45, 2.75) is 24.4 Å². The summed E-state index contributed by atoms with van der Waals surface area (Å²) in [6.45, 7) is 0.471. The number of carboxylic acids is 1. The van der Waals surface area contributed by atoms with Gasteiger partial charge in [0.2, 0.25) is 5.91 Å². The zero-order valence-electron chi connectivity index (χ0n) is 17.4. The lowest BCUT2D eigenvalue weighted by molar-refractivity contribution is -0.144. The third kappa shape index (κ3) is 4.50. The summed E-state index contributed by atoms with van der Waals surface area (Å²) in [6, 6.07) is 10.3. The van der Waals surface area contributed by atoms with E-state index in [2.05, 4.69) is 10.6 Å². The highest BCUT2D eigenvalue weighted by Gasteiger charge is 2.46. The molecule has 4 rings (SSSR count). The number of ether oxygens (including phenoxy) is 1.